The van der Waals surface area contributed by atoms with Crippen molar-refractivity contribution in [2.75, 3.05) is 19.8 Å². The van der Waals surface area contributed by atoms with Crippen molar-refractivity contribution in [1.82, 2.24) is 0 Å². The molecule has 0 spiro atoms. The molecular formula is C63H108O5. The van der Waals surface area contributed by atoms with Crippen molar-refractivity contribution >= 4 is 11.9 Å². The third-order valence-corrected chi connectivity index (χ3v) is 12.1. The predicted octanol–water partition coefficient (Wildman–Crippen LogP) is 19.8. The van der Waals surface area contributed by atoms with E-state index < -0.39 is 6.10 Å². The lowest BCUT2D eigenvalue weighted by Crippen LogP contribution is -2.30. The molecule has 390 valence electrons. The zero-order chi connectivity index (χ0) is 49.2. The van der Waals surface area contributed by atoms with Gasteiger partial charge in [-0.3, -0.25) is 9.59 Å². The lowest BCUT2D eigenvalue weighted by Gasteiger charge is -2.18. The number of carbonyl (C=O) groups excluding carboxylic acids is 2. The van der Waals surface area contributed by atoms with E-state index >= 15 is 0 Å². The number of rotatable bonds is 52. The molecule has 1 atom stereocenters. The van der Waals surface area contributed by atoms with Gasteiger partial charge in [-0.15, -0.1) is 0 Å². The van der Waals surface area contributed by atoms with Crippen molar-refractivity contribution in [1.29, 1.82) is 0 Å². The first-order valence-electron chi connectivity index (χ1n) is 28.8. The highest BCUT2D eigenvalue weighted by Gasteiger charge is 2.17. The molecule has 0 rings (SSSR count). The average molecular weight is 946 g/mol. The van der Waals surface area contributed by atoms with Crippen LogP contribution in [0, 0.1) is 0 Å². The molecule has 0 heterocycles. The Hall–Kier alpha value is -3.18. The summed E-state index contributed by atoms with van der Waals surface area (Å²) < 4.78 is 17.5. The maximum Gasteiger partial charge on any atom is 0.306 e. The first kappa shape index (κ1) is 64.8. The maximum atomic E-state index is 12.9. The van der Waals surface area contributed by atoms with Crippen LogP contribution < -0.4 is 0 Å². The highest BCUT2D eigenvalue weighted by Crippen LogP contribution is 2.15. The van der Waals surface area contributed by atoms with Crippen LogP contribution in [0.4, 0.5) is 0 Å². The number of unbranched alkanes of at least 4 members (excludes halogenated alkanes) is 25. The molecule has 0 radical (unpaired) electrons. The smallest absolute Gasteiger partial charge is 0.306 e. The minimum Gasteiger partial charge on any atom is -0.462 e. The number of carbonyl (C=O) groups is 2. The molecule has 1 unspecified atom stereocenters. The highest BCUT2D eigenvalue weighted by molar-refractivity contribution is 5.70. The summed E-state index contributed by atoms with van der Waals surface area (Å²) in [4.78, 5) is 25.5. The van der Waals surface area contributed by atoms with E-state index in [0.717, 1.165) is 109 Å². The van der Waals surface area contributed by atoms with Crippen molar-refractivity contribution in [2.24, 2.45) is 0 Å². The Morgan fingerprint density at radius 3 is 1.06 bits per heavy atom. The van der Waals surface area contributed by atoms with E-state index in [1.165, 1.54) is 122 Å². The van der Waals surface area contributed by atoms with Gasteiger partial charge in [0.2, 0.25) is 0 Å². The zero-order valence-electron chi connectivity index (χ0n) is 44.8. The molecule has 0 aliphatic carbocycles. The van der Waals surface area contributed by atoms with Crippen LogP contribution in [0.3, 0.4) is 0 Å². The van der Waals surface area contributed by atoms with Crippen LogP contribution in [0.5, 0.6) is 0 Å². The molecule has 0 aromatic carbocycles. The molecule has 0 aliphatic rings. The summed E-state index contributed by atoms with van der Waals surface area (Å²) in [5.41, 5.74) is 0. The minimum absolute atomic E-state index is 0.0672. The van der Waals surface area contributed by atoms with Crippen molar-refractivity contribution in [3.8, 4) is 0 Å². The summed E-state index contributed by atoms with van der Waals surface area (Å²) in [5.74, 6) is -0.418. The van der Waals surface area contributed by atoms with Crippen LogP contribution in [0.25, 0.3) is 0 Å². The molecule has 0 aromatic heterocycles. The SMILES string of the molecule is CC/C=C\C/C=C\C/C=C\C/C=C\C/C=C\CCCCCCOCC(COC(=O)CCCCCCCCC/C=C\C/C=C\C/C=C\CC)OC(=O)CCCCCCCCCCCCCCCCC. The zero-order valence-corrected chi connectivity index (χ0v) is 44.8. The second-order valence-electron chi connectivity index (χ2n) is 18.8. The second-order valence-corrected chi connectivity index (χ2v) is 18.8. The number of hydrogen-bond donors (Lipinski definition) is 0. The molecule has 0 N–H and O–H groups in total. The van der Waals surface area contributed by atoms with E-state index in [1.54, 1.807) is 0 Å². The van der Waals surface area contributed by atoms with Crippen molar-refractivity contribution in [3.05, 3.63) is 97.2 Å². The van der Waals surface area contributed by atoms with Gasteiger partial charge in [0.25, 0.3) is 0 Å². The Labute approximate surface area is 422 Å². The Balaban J connectivity index is 4.34. The van der Waals surface area contributed by atoms with Gasteiger partial charge in [0.15, 0.2) is 6.10 Å². The monoisotopic (exact) mass is 945 g/mol. The minimum atomic E-state index is -0.558. The molecule has 68 heavy (non-hydrogen) atoms. The molecule has 0 bridgehead atoms. The number of allylic oxidation sites excluding steroid dienone is 16. The normalized spacial score (nSPS) is 12.9. The van der Waals surface area contributed by atoms with Crippen LogP contribution in [-0.4, -0.2) is 37.9 Å². The lowest BCUT2D eigenvalue weighted by atomic mass is 10.0. The fraction of sp³-hybridized carbons (Fsp3) is 0.714. The van der Waals surface area contributed by atoms with Crippen molar-refractivity contribution in [3.63, 3.8) is 0 Å². The van der Waals surface area contributed by atoms with Crippen LogP contribution in [0.1, 0.15) is 265 Å². The molecule has 5 heteroatoms. The van der Waals surface area contributed by atoms with Crippen LogP contribution in [0.15, 0.2) is 97.2 Å². The topological polar surface area (TPSA) is 61.8 Å². The lowest BCUT2D eigenvalue weighted by molar-refractivity contribution is -0.163. The van der Waals surface area contributed by atoms with Crippen LogP contribution in [0.2, 0.25) is 0 Å². The van der Waals surface area contributed by atoms with Gasteiger partial charge in [-0.1, -0.05) is 253 Å². The fourth-order valence-corrected chi connectivity index (χ4v) is 7.90. The van der Waals surface area contributed by atoms with E-state index in [4.69, 9.17) is 14.2 Å². The summed E-state index contributed by atoms with van der Waals surface area (Å²) in [6.07, 6.45) is 78.5. The van der Waals surface area contributed by atoms with Crippen molar-refractivity contribution in [2.45, 2.75) is 271 Å². The van der Waals surface area contributed by atoms with E-state index in [0.29, 0.717) is 19.4 Å². The Kier molecular flexibility index (Phi) is 55.4. The largest absolute Gasteiger partial charge is 0.462 e. The van der Waals surface area contributed by atoms with E-state index in [2.05, 4.69) is 118 Å². The first-order valence-corrected chi connectivity index (χ1v) is 28.8. The van der Waals surface area contributed by atoms with Gasteiger partial charge in [0.1, 0.15) is 6.61 Å². The molecule has 0 saturated heterocycles. The van der Waals surface area contributed by atoms with Crippen LogP contribution in [-0.2, 0) is 23.8 Å². The summed E-state index contributed by atoms with van der Waals surface area (Å²) in [7, 11) is 0. The predicted molar refractivity (Wildman–Crippen MR) is 297 cm³/mol. The Morgan fingerprint density at radius 1 is 0.338 bits per heavy atom. The summed E-state index contributed by atoms with van der Waals surface area (Å²) >= 11 is 0. The second kappa shape index (κ2) is 58.1. The molecule has 0 saturated carbocycles. The van der Waals surface area contributed by atoms with Gasteiger partial charge in [0, 0.05) is 19.4 Å². The standard InChI is InChI=1S/C63H108O5/c1-4-7-10-13-16-19-22-25-28-30-31-32-34-37-40-43-46-49-52-55-58-66-59-61(68-63(65)57-54-51-48-45-42-39-35-27-24-21-18-15-12-9-6-3)60-67-62(64)56-53-50-47-44-41-38-36-33-29-26-23-20-17-14-11-8-5-2/h7-8,10-11,16-17,19-20,25-26,28-29,31-32,37,40,61H,4-6,9,12-15,18,21-24,27,30,33-36,38-39,41-60H2,1-3H3/b10-7-,11-8-,19-16-,20-17-,28-25-,29-26-,32-31-,40-37-. The average Bonchev–Trinajstić information content (AvgIpc) is 3.34. The van der Waals surface area contributed by atoms with E-state index in [9.17, 15) is 9.59 Å². The summed E-state index contributed by atoms with van der Waals surface area (Å²) in [6.45, 7) is 7.56. The quantitative estimate of drug-likeness (QED) is 0.0345. The number of esters is 2. The Morgan fingerprint density at radius 2 is 0.662 bits per heavy atom. The fourth-order valence-electron chi connectivity index (χ4n) is 7.90. The number of ether oxygens (including phenoxy) is 3. The summed E-state index contributed by atoms with van der Waals surface area (Å²) in [6, 6.07) is 0. The van der Waals surface area contributed by atoms with Gasteiger partial charge < -0.3 is 14.2 Å². The third-order valence-electron chi connectivity index (χ3n) is 12.1. The summed E-state index contributed by atoms with van der Waals surface area (Å²) in [5, 5.41) is 0. The molecule has 0 amide bonds. The van der Waals surface area contributed by atoms with E-state index in [-0.39, 0.29) is 25.2 Å². The third kappa shape index (κ3) is 55.4. The Bertz CT molecular complexity index is 1300. The first-order chi connectivity index (χ1) is 33.6. The molecular weight excluding hydrogens is 837 g/mol. The van der Waals surface area contributed by atoms with Gasteiger partial charge in [-0.05, 0) is 96.3 Å². The van der Waals surface area contributed by atoms with E-state index in [1.807, 2.05) is 0 Å². The van der Waals surface area contributed by atoms with Crippen molar-refractivity contribution < 1.29 is 23.8 Å². The molecule has 5 nitrogen and oxygen atoms in total. The van der Waals surface area contributed by atoms with Gasteiger partial charge in [0.05, 0.1) is 6.61 Å². The maximum absolute atomic E-state index is 12.9. The van der Waals surface area contributed by atoms with Gasteiger partial charge in [-0.25, -0.2) is 0 Å². The highest BCUT2D eigenvalue weighted by atomic mass is 16.6. The molecule has 0 aromatic rings. The molecule has 0 fully saturated rings. The van der Waals surface area contributed by atoms with Crippen LogP contribution >= 0.6 is 0 Å². The number of hydrogen-bond acceptors (Lipinski definition) is 5. The molecule has 0 aliphatic heterocycles. The van der Waals surface area contributed by atoms with Gasteiger partial charge >= 0.3 is 11.9 Å². The van der Waals surface area contributed by atoms with Gasteiger partial charge in [-0.2, -0.15) is 0 Å².